The molecule has 0 aliphatic carbocycles. The molecule has 20 heavy (non-hydrogen) atoms. The van der Waals surface area contributed by atoms with Gasteiger partial charge >= 0.3 is 0 Å². The summed E-state index contributed by atoms with van der Waals surface area (Å²) in [6, 6.07) is 2.25. The van der Waals surface area contributed by atoms with Crippen LogP contribution in [-0.2, 0) is 20.7 Å². The number of hydrogen-bond donors (Lipinski definition) is 1. The monoisotopic (exact) mass is 295 g/mol. The lowest BCUT2D eigenvalue weighted by Gasteiger charge is -2.43. The molecule has 1 aromatic heterocycles. The largest absolute Gasteiger partial charge is 0.381 e. The van der Waals surface area contributed by atoms with E-state index in [9.17, 15) is 4.79 Å². The van der Waals surface area contributed by atoms with Crippen molar-refractivity contribution < 1.29 is 14.3 Å². The fourth-order valence-corrected chi connectivity index (χ4v) is 3.77. The zero-order valence-corrected chi connectivity index (χ0v) is 12.4. The Morgan fingerprint density at radius 1 is 1.40 bits per heavy atom. The van der Waals surface area contributed by atoms with Crippen molar-refractivity contribution in [2.75, 3.05) is 19.8 Å². The van der Waals surface area contributed by atoms with Crippen LogP contribution < -0.4 is 5.32 Å². The third-order valence-corrected chi connectivity index (χ3v) is 4.94. The number of ether oxygens (including phenoxy) is 2. The lowest BCUT2D eigenvalue weighted by atomic mass is 9.84. The Morgan fingerprint density at radius 3 is 3.00 bits per heavy atom. The number of thiophene rings is 1. The molecule has 1 amide bonds. The molecule has 1 aromatic rings. The molecule has 2 aliphatic heterocycles. The van der Waals surface area contributed by atoms with Gasteiger partial charge in [0.2, 0.25) is 5.91 Å². The molecule has 2 fully saturated rings. The molecule has 4 nitrogen and oxygen atoms in total. The minimum absolute atomic E-state index is 0.0587. The average Bonchev–Trinajstić information content (AvgIpc) is 2.92. The van der Waals surface area contributed by atoms with E-state index in [0.717, 1.165) is 51.1 Å². The van der Waals surface area contributed by atoms with Crippen LogP contribution in [0.5, 0.6) is 0 Å². The van der Waals surface area contributed by atoms with Crippen LogP contribution in [0.2, 0.25) is 0 Å². The molecular formula is C15H21NO3S. The van der Waals surface area contributed by atoms with Gasteiger partial charge in [0.05, 0.1) is 12.0 Å². The Labute approximate surface area is 123 Å². The normalized spacial score (nSPS) is 25.5. The zero-order chi connectivity index (χ0) is 13.8. The lowest BCUT2D eigenvalue weighted by Crippen LogP contribution is -2.51. The van der Waals surface area contributed by atoms with E-state index in [2.05, 4.69) is 5.32 Å². The second kappa shape index (κ2) is 6.24. The number of nitrogens with one attached hydrogen (secondary N) is 1. The third-order valence-electron chi connectivity index (χ3n) is 4.21. The number of amides is 1. The molecule has 1 unspecified atom stereocenters. The molecular weight excluding hydrogens is 274 g/mol. The molecule has 0 saturated carbocycles. The summed E-state index contributed by atoms with van der Waals surface area (Å²) in [5.41, 5.74) is 1.04. The maximum atomic E-state index is 12.1. The van der Waals surface area contributed by atoms with E-state index in [1.54, 1.807) is 11.3 Å². The molecule has 0 aromatic carbocycles. The summed E-state index contributed by atoms with van der Waals surface area (Å²) in [6.45, 7) is 2.29. The quantitative estimate of drug-likeness (QED) is 0.929. The Morgan fingerprint density at radius 2 is 2.25 bits per heavy atom. The number of rotatable bonds is 3. The van der Waals surface area contributed by atoms with Crippen molar-refractivity contribution in [3.63, 3.8) is 0 Å². The number of carbonyl (C=O) groups is 1. The Kier molecular flexibility index (Phi) is 4.38. The standard InChI is InChI=1S/C15H21NO3S/c17-14(9-12-2-8-20-11-12)16-13-1-5-19-15(10-13)3-6-18-7-4-15/h2,8,11,13H,1,3-7,9-10H2,(H,16,17). The predicted molar refractivity (Wildman–Crippen MR) is 77.9 cm³/mol. The van der Waals surface area contributed by atoms with Gasteiger partial charge in [-0.15, -0.1) is 0 Å². The van der Waals surface area contributed by atoms with Crippen LogP contribution in [0.3, 0.4) is 0 Å². The fourth-order valence-electron chi connectivity index (χ4n) is 3.10. The third kappa shape index (κ3) is 3.40. The fraction of sp³-hybridized carbons (Fsp3) is 0.667. The van der Waals surface area contributed by atoms with Crippen LogP contribution in [0, 0.1) is 0 Å². The maximum Gasteiger partial charge on any atom is 0.224 e. The second-order valence-corrected chi connectivity index (χ2v) is 6.49. The first-order valence-electron chi connectivity index (χ1n) is 7.28. The maximum absolute atomic E-state index is 12.1. The van der Waals surface area contributed by atoms with Crippen molar-refractivity contribution in [3.8, 4) is 0 Å². The predicted octanol–water partition coefficient (Wildman–Crippen LogP) is 2.13. The molecule has 2 aliphatic rings. The van der Waals surface area contributed by atoms with Crippen molar-refractivity contribution in [3.05, 3.63) is 22.4 Å². The lowest BCUT2D eigenvalue weighted by molar-refractivity contribution is -0.143. The minimum atomic E-state index is -0.0587. The van der Waals surface area contributed by atoms with Gasteiger partial charge in [-0.05, 0) is 48.1 Å². The Bertz CT molecular complexity index is 434. The van der Waals surface area contributed by atoms with Crippen LogP contribution in [0.1, 0.15) is 31.2 Å². The summed E-state index contributed by atoms with van der Waals surface area (Å²) in [5, 5.41) is 7.21. The summed E-state index contributed by atoms with van der Waals surface area (Å²) in [4.78, 5) is 12.1. The van der Waals surface area contributed by atoms with Gasteiger partial charge < -0.3 is 14.8 Å². The smallest absolute Gasteiger partial charge is 0.224 e. The van der Waals surface area contributed by atoms with E-state index in [-0.39, 0.29) is 17.6 Å². The van der Waals surface area contributed by atoms with Crippen molar-refractivity contribution in [1.29, 1.82) is 0 Å². The summed E-state index contributed by atoms with van der Waals surface area (Å²) >= 11 is 1.63. The van der Waals surface area contributed by atoms with Crippen LogP contribution in [0.4, 0.5) is 0 Å². The minimum Gasteiger partial charge on any atom is -0.381 e. The van der Waals surface area contributed by atoms with E-state index in [4.69, 9.17) is 9.47 Å². The van der Waals surface area contributed by atoms with Gasteiger partial charge in [0.15, 0.2) is 0 Å². The molecule has 1 atom stereocenters. The summed E-state index contributed by atoms with van der Waals surface area (Å²) in [6.07, 6.45) is 4.22. The van der Waals surface area contributed by atoms with E-state index >= 15 is 0 Å². The highest BCUT2D eigenvalue weighted by atomic mass is 32.1. The average molecular weight is 295 g/mol. The van der Waals surface area contributed by atoms with Gasteiger partial charge in [-0.2, -0.15) is 11.3 Å². The van der Waals surface area contributed by atoms with E-state index in [1.807, 2.05) is 16.8 Å². The molecule has 1 spiro atoms. The van der Waals surface area contributed by atoms with Crippen molar-refractivity contribution in [2.24, 2.45) is 0 Å². The van der Waals surface area contributed by atoms with Crippen LogP contribution in [-0.4, -0.2) is 37.4 Å². The van der Waals surface area contributed by atoms with Crippen molar-refractivity contribution in [2.45, 2.75) is 43.7 Å². The topological polar surface area (TPSA) is 47.6 Å². The van der Waals surface area contributed by atoms with Gasteiger partial charge in [0.1, 0.15) is 0 Å². The van der Waals surface area contributed by atoms with Crippen LogP contribution >= 0.6 is 11.3 Å². The van der Waals surface area contributed by atoms with Gasteiger partial charge in [0.25, 0.3) is 0 Å². The molecule has 0 radical (unpaired) electrons. The molecule has 3 rings (SSSR count). The van der Waals surface area contributed by atoms with Gasteiger partial charge in [-0.3, -0.25) is 4.79 Å². The Balaban J connectivity index is 1.53. The highest BCUT2D eigenvalue weighted by Gasteiger charge is 2.39. The van der Waals surface area contributed by atoms with Gasteiger partial charge in [-0.1, -0.05) is 0 Å². The van der Waals surface area contributed by atoms with Crippen LogP contribution in [0.15, 0.2) is 16.8 Å². The summed E-state index contributed by atoms with van der Waals surface area (Å²) in [7, 11) is 0. The first-order valence-corrected chi connectivity index (χ1v) is 8.22. The molecule has 5 heteroatoms. The first kappa shape index (κ1) is 14.0. The SMILES string of the molecule is O=C(Cc1ccsc1)NC1CCOC2(CCOCC2)C1. The van der Waals surface area contributed by atoms with Crippen molar-refractivity contribution >= 4 is 17.2 Å². The number of hydrogen-bond acceptors (Lipinski definition) is 4. The van der Waals surface area contributed by atoms with Gasteiger partial charge in [-0.25, -0.2) is 0 Å². The second-order valence-electron chi connectivity index (χ2n) is 5.71. The summed E-state index contributed by atoms with van der Waals surface area (Å²) in [5.74, 6) is 0.123. The summed E-state index contributed by atoms with van der Waals surface area (Å²) < 4.78 is 11.4. The van der Waals surface area contributed by atoms with E-state index < -0.39 is 0 Å². The Hall–Kier alpha value is -0.910. The highest BCUT2D eigenvalue weighted by Crippen LogP contribution is 2.34. The first-order chi connectivity index (χ1) is 9.76. The van der Waals surface area contributed by atoms with Crippen molar-refractivity contribution in [1.82, 2.24) is 5.32 Å². The molecule has 2 saturated heterocycles. The molecule has 110 valence electrons. The van der Waals surface area contributed by atoms with E-state index in [0.29, 0.717) is 6.42 Å². The molecule has 0 bridgehead atoms. The van der Waals surface area contributed by atoms with Crippen LogP contribution in [0.25, 0.3) is 0 Å². The highest BCUT2D eigenvalue weighted by molar-refractivity contribution is 7.07. The molecule has 3 heterocycles. The zero-order valence-electron chi connectivity index (χ0n) is 11.6. The molecule has 1 N–H and O–H groups in total. The van der Waals surface area contributed by atoms with Gasteiger partial charge in [0, 0.05) is 25.9 Å². The van der Waals surface area contributed by atoms with E-state index in [1.165, 1.54) is 0 Å². The number of carbonyl (C=O) groups excluding carboxylic acids is 1.